The molecular weight excluding hydrogens is 431 g/mol. The van der Waals surface area contributed by atoms with Crippen LogP contribution in [0.5, 0.6) is 0 Å². The Bertz CT molecular complexity index is 1050. The zero-order valence-electron chi connectivity index (χ0n) is 20.3. The maximum atomic E-state index is 17.1. The van der Waals surface area contributed by atoms with Gasteiger partial charge in [-0.25, -0.2) is 4.39 Å². The molecule has 7 unspecified atom stereocenters. The second-order valence-electron chi connectivity index (χ2n) is 11.5. The van der Waals surface area contributed by atoms with Gasteiger partial charge in [-0.05, 0) is 67.6 Å². The van der Waals surface area contributed by atoms with Crippen molar-refractivity contribution in [2.75, 3.05) is 6.61 Å². The molecule has 3 saturated carbocycles. The highest BCUT2D eigenvalue weighted by molar-refractivity contribution is 6.01. The minimum atomic E-state index is -1.85. The molecule has 0 bridgehead atoms. The summed E-state index contributed by atoms with van der Waals surface area (Å²) in [6.45, 7) is 6.41. The summed E-state index contributed by atoms with van der Waals surface area (Å²) in [4.78, 5) is 25.4. The molecule has 4 aliphatic carbocycles. The van der Waals surface area contributed by atoms with Crippen molar-refractivity contribution in [3.8, 4) is 0 Å². The van der Waals surface area contributed by atoms with Crippen LogP contribution in [0.3, 0.4) is 0 Å². The van der Waals surface area contributed by atoms with Gasteiger partial charge in [0.15, 0.2) is 17.2 Å². The van der Waals surface area contributed by atoms with Gasteiger partial charge in [0, 0.05) is 17.3 Å². The number of carbonyl (C=O) groups excluding carboxylic acids is 2. The molecule has 5 rings (SSSR count). The first-order chi connectivity index (χ1) is 16.1. The summed E-state index contributed by atoms with van der Waals surface area (Å²) < 4.78 is 22.9. The van der Waals surface area contributed by atoms with E-state index in [-0.39, 0.29) is 48.3 Å². The molecule has 3 fully saturated rings. The molecule has 0 radical (unpaired) electrons. The Labute approximate surface area is 201 Å². The number of Topliss-reactive ketones (excluding diaryl/α,β-unsaturated/α-hetero) is 1. The van der Waals surface area contributed by atoms with Gasteiger partial charge in [-0.1, -0.05) is 55.8 Å². The van der Waals surface area contributed by atoms with Gasteiger partial charge >= 0.3 is 0 Å². The molecule has 182 valence electrons. The van der Waals surface area contributed by atoms with E-state index in [4.69, 9.17) is 4.74 Å². The van der Waals surface area contributed by atoms with Crippen LogP contribution in [-0.2, 0) is 20.9 Å². The monoisotopic (exact) mass is 466 g/mol. The smallest absolute Gasteiger partial charge is 0.178 e. The van der Waals surface area contributed by atoms with E-state index in [0.717, 1.165) is 17.6 Å². The number of hydrogen-bond donors (Lipinski definition) is 1. The second-order valence-corrected chi connectivity index (χ2v) is 11.5. The molecule has 0 aromatic heterocycles. The normalized spacial score (nSPS) is 43.0. The molecule has 34 heavy (non-hydrogen) atoms. The molecule has 8 atom stereocenters. The van der Waals surface area contributed by atoms with E-state index in [9.17, 15) is 14.7 Å². The van der Waals surface area contributed by atoms with Crippen LogP contribution in [0.15, 0.2) is 54.1 Å². The fourth-order valence-electron chi connectivity index (χ4n) is 8.20. The number of aliphatic hydroxyl groups is 1. The van der Waals surface area contributed by atoms with Gasteiger partial charge in [-0.15, -0.1) is 0 Å². The summed E-state index contributed by atoms with van der Waals surface area (Å²) in [6, 6.07) is 9.78. The first kappa shape index (κ1) is 23.6. The van der Waals surface area contributed by atoms with E-state index < -0.39 is 22.6 Å². The van der Waals surface area contributed by atoms with Crippen LogP contribution >= 0.6 is 0 Å². The van der Waals surface area contributed by atoms with Crippen LogP contribution in [0.25, 0.3) is 0 Å². The maximum Gasteiger partial charge on any atom is 0.178 e. The minimum Gasteiger partial charge on any atom is -0.390 e. The van der Waals surface area contributed by atoms with Crippen LogP contribution in [0.2, 0.25) is 0 Å². The molecule has 5 heteroatoms. The van der Waals surface area contributed by atoms with Crippen molar-refractivity contribution in [2.45, 2.75) is 64.8 Å². The minimum absolute atomic E-state index is 0.00313. The first-order valence-electron chi connectivity index (χ1n) is 12.6. The largest absolute Gasteiger partial charge is 0.390 e. The Morgan fingerprint density at radius 3 is 2.68 bits per heavy atom. The maximum absolute atomic E-state index is 17.1. The molecule has 4 nitrogen and oxygen atoms in total. The number of carbonyl (C=O) groups is 2. The molecule has 0 aliphatic heterocycles. The van der Waals surface area contributed by atoms with Gasteiger partial charge in [0.2, 0.25) is 0 Å². The Balaban J connectivity index is 1.39. The molecule has 0 saturated heterocycles. The Morgan fingerprint density at radius 2 is 1.94 bits per heavy atom. The Morgan fingerprint density at radius 1 is 1.21 bits per heavy atom. The van der Waals surface area contributed by atoms with E-state index in [0.29, 0.717) is 19.4 Å². The predicted molar refractivity (Wildman–Crippen MR) is 127 cm³/mol. The van der Waals surface area contributed by atoms with E-state index in [1.165, 1.54) is 6.08 Å². The summed E-state index contributed by atoms with van der Waals surface area (Å²) in [5.41, 5.74) is -1.51. The summed E-state index contributed by atoms with van der Waals surface area (Å²) in [5, 5.41) is 11.4. The first-order valence-corrected chi connectivity index (χ1v) is 12.6. The molecule has 1 aromatic rings. The number of ketones is 2. The molecule has 1 aromatic carbocycles. The number of ether oxygens (including phenoxy) is 1. The van der Waals surface area contributed by atoms with Crippen molar-refractivity contribution < 1.29 is 23.8 Å². The highest BCUT2D eigenvalue weighted by Crippen LogP contribution is 2.69. The summed E-state index contributed by atoms with van der Waals surface area (Å²) in [6.07, 6.45) is 5.75. The quantitative estimate of drug-likeness (QED) is 0.663. The number of rotatable bonds is 5. The standard InChI is InChI=1S/C29H35FO4/c1-18-13-23-22-10-9-20-14-21(31)11-12-28(20,3)29(22,30)25(33)15-27(23,2)26(18)24(32)17-34-16-19-7-5-4-6-8-19/h4-8,11-12,14,18,22-23,25-26,33H,9-10,13,15-17H2,1-3H3/t18-,22?,23?,25?,26?,27?,28?,29?/m1/s1. The number of fused-ring (bicyclic) bond motifs is 5. The van der Waals surface area contributed by atoms with Crippen molar-refractivity contribution in [2.24, 2.45) is 34.5 Å². The summed E-state index contributed by atoms with van der Waals surface area (Å²) in [5.74, 6) is -0.570. The Kier molecular flexibility index (Phi) is 5.72. The third-order valence-corrected chi connectivity index (χ3v) is 9.68. The van der Waals surface area contributed by atoms with Crippen molar-refractivity contribution in [3.63, 3.8) is 0 Å². The third-order valence-electron chi connectivity index (χ3n) is 9.68. The lowest BCUT2D eigenvalue weighted by atomic mass is 9.45. The van der Waals surface area contributed by atoms with E-state index in [2.05, 4.69) is 13.8 Å². The van der Waals surface area contributed by atoms with Crippen molar-refractivity contribution in [3.05, 3.63) is 59.7 Å². The van der Waals surface area contributed by atoms with E-state index in [1.54, 1.807) is 12.2 Å². The van der Waals surface area contributed by atoms with Crippen LogP contribution in [0.1, 0.15) is 52.0 Å². The zero-order valence-corrected chi connectivity index (χ0v) is 20.3. The lowest BCUT2D eigenvalue weighted by molar-refractivity contribution is -0.196. The van der Waals surface area contributed by atoms with Gasteiger partial charge in [-0.3, -0.25) is 9.59 Å². The topological polar surface area (TPSA) is 63.6 Å². The molecule has 1 N–H and O–H groups in total. The van der Waals surface area contributed by atoms with Gasteiger partial charge < -0.3 is 9.84 Å². The average molecular weight is 467 g/mol. The fraction of sp³-hybridized carbons (Fsp3) is 0.586. The average Bonchev–Trinajstić information content (AvgIpc) is 3.05. The highest BCUT2D eigenvalue weighted by Gasteiger charge is 2.71. The molecule has 4 aliphatic rings. The SMILES string of the molecule is C[C@@H]1CC2C3CCC4=CC(=O)C=CC4(C)C3(F)C(O)CC2(C)C1C(=O)COCc1ccccc1. The second kappa shape index (κ2) is 8.23. The predicted octanol–water partition coefficient (Wildman–Crippen LogP) is 5.01. The van der Waals surface area contributed by atoms with Crippen LogP contribution in [0.4, 0.5) is 4.39 Å². The summed E-state index contributed by atoms with van der Waals surface area (Å²) >= 11 is 0. The zero-order chi connectivity index (χ0) is 24.3. The van der Waals surface area contributed by atoms with E-state index >= 15 is 4.39 Å². The Hall–Kier alpha value is -2.11. The van der Waals surface area contributed by atoms with Gasteiger partial charge in [0.25, 0.3) is 0 Å². The number of benzene rings is 1. The molecule has 0 amide bonds. The lowest BCUT2D eigenvalue weighted by Crippen LogP contribution is -2.66. The highest BCUT2D eigenvalue weighted by atomic mass is 19.1. The molecule has 0 spiro atoms. The van der Waals surface area contributed by atoms with Gasteiger partial charge in [0.05, 0.1) is 12.7 Å². The van der Waals surface area contributed by atoms with E-state index in [1.807, 2.05) is 37.3 Å². The number of halogens is 1. The van der Waals surface area contributed by atoms with Crippen molar-refractivity contribution >= 4 is 11.6 Å². The van der Waals surface area contributed by atoms with Crippen LogP contribution in [-0.4, -0.2) is 35.1 Å². The lowest BCUT2D eigenvalue weighted by Gasteiger charge is -2.62. The number of allylic oxidation sites excluding steroid dienone is 4. The molecular formula is C29H35FO4. The number of hydrogen-bond acceptors (Lipinski definition) is 4. The van der Waals surface area contributed by atoms with Crippen molar-refractivity contribution in [1.82, 2.24) is 0 Å². The number of alkyl halides is 1. The fourth-order valence-corrected chi connectivity index (χ4v) is 8.20. The third kappa shape index (κ3) is 3.30. The van der Waals surface area contributed by atoms with Crippen LogP contribution < -0.4 is 0 Å². The van der Waals surface area contributed by atoms with Gasteiger partial charge in [0.1, 0.15) is 6.61 Å². The number of aliphatic hydroxyl groups excluding tert-OH is 1. The van der Waals surface area contributed by atoms with Crippen LogP contribution in [0, 0.1) is 34.5 Å². The van der Waals surface area contributed by atoms with Crippen molar-refractivity contribution in [1.29, 1.82) is 0 Å². The van der Waals surface area contributed by atoms with Gasteiger partial charge in [-0.2, -0.15) is 0 Å². The molecule has 0 heterocycles. The summed E-state index contributed by atoms with van der Waals surface area (Å²) in [7, 11) is 0.